The summed E-state index contributed by atoms with van der Waals surface area (Å²) < 4.78 is 0. The van der Waals surface area contributed by atoms with Gasteiger partial charge in [-0.15, -0.1) is 0 Å². The van der Waals surface area contributed by atoms with E-state index in [-0.39, 0.29) is 6.04 Å². The molecule has 0 heterocycles. The minimum absolute atomic E-state index is 0.0562. The van der Waals surface area contributed by atoms with E-state index >= 15 is 0 Å². The van der Waals surface area contributed by atoms with Crippen molar-refractivity contribution in [2.24, 2.45) is 0 Å². The van der Waals surface area contributed by atoms with Gasteiger partial charge in [0.15, 0.2) is 0 Å². The average molecular weight is 1070 g/mol. The van der Waals surface area contributed by atoms with Gasteiger partial charge >= 0.3 is 0 Å². The zero-order valence-electron chi connectivity index (χ0n) is 46.4. The zero-order valence-corrected chi connectivity index (χ0v) is 46.4. The summed E-state index contributed by atoms with van der Waals surface area (Å²) in [6.45, 7) is 0. The van der Waals surface area contributed by atoms with Crippen molar-refractivity contribution >= 4 is 116 Å². The number of rotatable bonds is 8. The van der Waals surface area contributed by atoms with Crippen LogP contribution in [0.4, 0.5) is 28.4 Å². The Kier molecular flexibility index (Phi) is 11.2. The number of nitrogens with zero attached hydrogens (tertiary/aromatic N) is 2. The fraction of sp³-hybridized carbons (Fsp3) is 0.0488. The Bertz CT molecular complexity index is 5250. The summed E-state index contributed by atoms with van der Waals surface area (Å²) in [5.74, 6) is 0. The Balaban J connectivity index is 0.994. The molecule has 0 radical (unpaired) electrons. The molecule has 0 N–H and O–H groups in total. The van der Waals surface area contributed by atoms with Gasteiger partial charge in [-0.2, -0.15) is 0 Å². The number of fused-ring (bicyclic) bond motifs is 12. The first-order chi connectivity index (χ1) is 41.6. The molecule has 0 amide bonds. The van der Waals surface area contributed by atoms with E-state index in [0.717, 1.165) is 42.0 Å². The van der Waals surface area contributed by atoms with Crippen LogP contribution in [0.25, 0.3) is 121 Å². The highest BCUT2D eigenvalue weighted by Gasteiger charge is 2.27. The molecule has 0 aliphatic heterocycles. The van der Waals surface area contributed by atoms with Gasteiger partial charge in [0.1, 0.15) is 0 Å². The fourth-order valence-electron chi connectivity index (χ4n) is 14.5. The molecule has 0 saturated heterocycles. The molecule has 17 rings (SSSR count). The molecule has 0 saturated carbocycles. The topological polar surface area (TPSA) is 6.48 Å². The first-order valence-electron chi connectivity index (χ1n) is 29.6. The van der Waals surface area contributed by atoms with Crippen molar-refractivity contribution in [3.63, 3.8) is 0 Å². The van der Waals surface area contributed by atoms with E-state index in [0.29, 0.717) is 0 Å². The summed E-state index contributed by atoms with van der Waals surface area (Å²) in [7, 11) is 0. The van der Waals surface area contributed by atoms with Gasteiger partial charge in [-0.1, -0.05) is 249 Å². The molecule has 0 bridgehead atoms. The fourth-order valence-corrected chi connectivity index (χ4v) is 14.5. The number of anilines is 5. The molecule has 15 aromatic rings. The van der Waals surface area contributed by atoms with Gasteiger partial charge in [0, 0.05) is 33.2 Å². The van der Waals surface area contributed by atoms with Crippen molar-refractivity contribution in [1.29, 1.82) is 0 Å². The lowest BCUT2D eigenvalue weighted by Gasteiger charge is -2.34. The molecule has 2 heteroatoms. The van der Waals surface area contributed by atoms with E-state index in [2.05, 4.69) is 307 Å². The molecule has 0 fully saturated rings. The smallest absolute Gasteiger partial charge is 0.0566 e. The molecule has 2 aliphatic rings. The SMILES string of the molecule is C1=c2ccccc2=CC(N(c2ccc3c(-c4ccc5c(c4)CCc4ccccc4-5)c4cc(N(c5cccc6ccccc56)c5cccc6ccccc56)ccc4c(-c4ccc5c(ccc6ccccc65)c4)c3c2)c2cccc3ccccc23)C1. The molecule has 1 atom stereocenters. The van der Waals surface area contributed by atoms with E-state index in [1.807, 2.05) is 0 Å². The van der Waals surface area contributed by atoms with Crippen molar-refractivity contribution in [3.05, 3.63) is 307 Å². The number of benzene rings is 15. The van der Waals surface area contributed by atoms with Crippen LogP contribution in [0.15, 0.2) is 285 Å². The van der Waals surface area contributed by atoms with E-state index < -0.39 is 0 Å². The minimum Gasteiger partial charge on any atom is -0.334 e. The predicted octanol–water partition coefficient (Wildman–Crippen LogP) is 20.5. The van der Waals surface area contributed by atoms with Crippen LogP contribution in [0.1, 0.15) is 17.5 Å². The monoisotopic (exact) mass is 1070 g/mol. The van der Waals surface area contributed by atoms with Crippen molar-refractivity contribution in [1.82, 2.24) is 0 Å². The lowest BCUT2D eigenvalue weighted by Crippen LogP contribution is -2.37. The highest BCUT2D eigenvalue weighted by atomic mass is 15.2. The maximum atomic E-state index is 2.63. The molecule has 394 valence electrons. The largest absolute Gasteiger partial charge is 0.334 e. The van der Waals surface area contributed by atoms with Gasteiger partial charge in [-0.05, 0) is 182 Å². The highest BCUT2D eigenvalue weighted by Crippen LogP contribution is 2.51. The van der Waals surface area contributed by atoms with E-state index in [4.69, 9.17) is 0 Å². The van der Waals surface area contributed by atoms with Crippen molar-refractivity contribution in [2.75, 3.05) is 9.80 Å². The maximum Gasteiger partial charge on any atom is 0.0566 e. The summed E-state index contributed by atoms with van der Waals surface area (Å²) in [5.41, 5.74) is 16.1. The first kappa shape index (κ1) is 48.2. The van der Waals surface area contributed by atoms with Crippen LogP contribution < -0.4 is 20.2 Å². The van der Waals surface area contributed by atoms with Gasteiger partial charge in [0.05, 0.1) is 17.4 Å². The number of hydrogen-bond acceptors (Lipinski definition) is 2. The van der Waals surface area contributed by atoms with Crippen LogP contribution >= 0.6 is 0 Å². The zero-order chi connectivity index (χ0) is 55.2. The van der Waals surface area contributed by atoms with E-state index in [1.165, 1.54) is 136 Å². The van der Waals surface area contributed by atoms with Crippen LogP contribution in [-0.2, 0) is 12.8 Å². The second kappa shape index (κ2) is 19.6. The lowest BCUT2D eigenvalue weighted by atomic mass is 9.81. The third kappa shape index (κ3) is 7.86. The summed E-state index contributed by atoms with van der Waals surface area (Å²) >= 11 is 0. The van der Waals surface area contributed by atoms with Gasteiger partial charge in [0.2, 0.25) is 0 Å². The van der Waals surface area contributed by atoms with Gasteiger partial charge in [-0.25, -0.2) is 0 Å². The Morgan fingerprint density at radius 2 is 0.762 bits per heavy atom. The molecule has 84 heavy (non-hydrogen) atoms. The van der Waals surface area contributed by atoms with Crippen LogP contribution in [-0.4, -0.2) is 6.04 Å². The molecule has 1 unspecified atom stereocenters. The quantitative estimate of drug-likeness (QED) is 0.111. The normalized spacial score (nSPS) is 13.6. The first-order valence-corrected chi connectivity index (χ1v) is 29.6. The van der Waals surface area contributed by atoms with Gasteiger partial charge in [-0.3, -0.25) is 0 Å². The highest BCUT2D eigenvalue weighted by molar-refractivity contribution is 6.24. The molecule has 2 aliphatic carbocycles. The minimum atomic E-state index is 0.0562. The third-order valence-electron chi connectivity index (χ3n) is 18.3. The summed E-state index contributed by atoms with van der Waals surface area (Å²) in [5, 5.41) is 19.7. The second-order valence-electron chi connectivity index (χ2n) is 23.0. The molecule has 0 spiro atoms. The number of hydrogen-bond donors (Lipinski definition) is 0. The van der Waals surface area contributed by atoms with Crippen LogP contribution in [0.3, 0.4) is 0 Å². The molecular weight excluding hydrogens is 1010 g/mol. The van der Waals surface area contributed by atoms with Crippen LogP contribution in [0, 0.1) is 0 Å². The summed E-state index contributed by atoms with van der Waals surface area (Å²) in [6, 6.07) is 107. The van der Waals surface area contributed by atoms with Crippen molar-refractivity contribution in [2.45, 2.75) is 25.3 Å². The Hall–Kier alpha value is -10.5. The third-order valence-corrected chi connectivity index (χ3v) is 18.3. The van der Waals surface area contributed by atoms with Crippen LogP contribution in [0.5, 0.6) is 0 Å². The Morgan fingerprint density at radius 1 is 0.286 bits per heavy atom. The van der Waals surface area contributed by atoms with E-state index in [1.54, 1.807) is 0 Å². The molecule has 15 aromatic carbocycles. The summed E-state index contributed by atoms with van der Waals surface area (Å²) in [4.78, 5) is 5.14. The lowest BCUT2D eigenvalue weighted by molar-refractivity contribution is 0.840. The van der Waals surface area contributed by atoms with Gasteiger partial charge in [0.25, 0.3) is 0 Å². The maximum absolute atomic E-state index is 2.63. The number of aryl methyl sites for hydroxylation is 2. The standard InChI is InChI=1S/C82H56N2/c1-2-22-59-50-64(41-38-53(59)16-1)83(78-31-13-23-54-17-5-10-28-71(54)78)65-42-46-74-76(51-65)81(62-39-44-69-60(48-62)36-34-57-20-3-8-26-67(57)69)75-47-43-66(52-77(75)82(74)63-40-45-70-61(49-63)37-35-58-21-4-9-27-68(58)70)84(79-32-14-24-55-18-6-11-29-72(55)79)80-33-15-25-56-19-7-12-30-73(56)80/h1-34,36,38-40,42-52,64H,35,37,41H2. The average Bonchev–Trinajstić information content (AvgIpc) is 1.03. The van der Waals surface area contributed by atoms with Crippen LogP contribution in [0.2, 0.25) is 0 Å². The van der Waals surface area contributed by atoms with Crippen molar-refractivity contribution < 1.29 is 0 Å². The predicted molar refractivity (Wildman–Crippen MR) is 359 cm³/mol. The Labute approximate surface area is 488 Å². The molecule has 0 aromatic heterocycles. The van der Waals surface area contributed by atoms with Gasteiger partial charge < -0.3 is 9.80 Å². The Morgan fingerprint density at radius 3 is 1.46 bits per heavy atom. The van der Waals surface area contributed by atoms with E-state index in [9.17, 15) is 0 Å². The molecule has 2 nitrogen and oxygen atoms in total. The second-order valence-corrected chi connectivity index (χ2v) is 23.0. The van der Waals surface area contributed by atoms with Crippen molar-refractivity contribution in [3.8, 4) is 33.4 Å². The summed E-state index contributed by atoms with van der Waals surface area (Å²) in [6.07, 6.45) is 7.81. The molecular formula is C82H56N2.